The molecular weight excluding hydrogens is 224 g/mol. The van der Waals surface area contributed by atoms with Crippen LogP contribution >= 0.6 is 0 Å². The number of hydrogen-bond donors (Lipinski definition) is 1. The molecule has 1 aliphatic rings. The largest absolute Gasteiger partial charge is 0.390 e. The molecule has 0 saturated heterocycles. The van der Waals surface area contributed by atoms with Crippen LogP contribution < -0.4 is 0 Å². The minimum atomic E-state index is -0.302. The van der Waals surface area contributed by atoms with Gasteiger partial charge in [-0.1, -0.05) is 40.5 Å². The molecule has 108 valence electrons. The van der Waals surface area contributed by atoms with Crippen LogP contribution in [-0.4, -0.2) is 23.9 Å². The van der Waals surface area contributed by atoms with Gasteiger partial charge in [-0.2, -0.15) is 0 Å². The van der Waals surface area contributed by atoms with Crippen LogP contribution in [0, 0.1) is 11.3 Å². The van der Waals surface area contributed by atoms with Crippen LogP contribution in [0.4, 0.5) is 0 Å². The first-order valence-corrected chi connectivity index (χ1v) is 7.62. The summed E-state index contributed by atoms with van der Waals surface area (Å²) >= 11 is 0. The number of aliphatic hydroxyl groups excluding tert-OH is 1. The summed E-state index contributed by atoms with van der Waals surface area (Å²) in [4.78, 5) is 0. The summed E-state index contributed by atoms with van der Waals surface area (Å²) in [7, 11) is 1.77. The Hall–Kier alpha value is -0.0800. The predicted molar refractivity (Wildman–Crippen MR) is 76.7 cm³/mol. The van der Waals surface area contributed by atoms with Crippen molar-refractivity contribution in [1.29, 1.82) is 0 Å². The average molecular weight is 256 g/mol. The van der Waals surface area contributed by atoms with Crippen molar-refractivity contribution in [2.45, 2.75) is 84.3 Å². The van der Waals surface area contributed by atoms with E-state index in [4.69, 9.17) is 4.74 Å². The summed E-state index contributed by atoms with van der Waals surface area (Å²) in [5.74, 6) is 0.627. The van der Waals surface area contributed by atoms with E-state index in [9.17, 15) is 5.11 Å². The molecular formula is C16H32O2. The molecule has 0 radical (unpaired) electrons. The van der Waals surface area contributed by atoms with Crippen molar-refractivity contribution in [3.05, 3.63) is 0 Å². The van der Waals surface area contributed by atoms with E-state index in [1.54, 1.807) is 7.11 Å². The summed E-state index contributed by atoms with van der Waals surface area (Å²) < 4.78 is 5.77. The molecule has 0 heterocycles. The van der Waals surface area contributed by atoms with Crippen molar-refractivity contribution in [3.8, 4) is 0 Å². The quantitative estimate of drug-likeness (QED) is 0.773. The second-order valence-corrected chi connectivity index (χ2v) is 6.87. The van der Waals surface area contributed by atoms with E-state index in [1.807, 2.05) is 0 Å². The van der Waals surface area contributed by atoms with Gasteiger partial charge in [0.05, 0.1) is 11.7 Å². The van der Waals surface area contributed by atoms with E-state index in [1.165, 1.54) is 0 Å². The van der Waals surface area contributed by atoms with Gasteiger partial charge >= 0.3 is 0 Å². The van der Waals surface area contributed by atoms with Gasteiger partial charge in [0.2, 0.25) is 0 Å². The molecule has 0 spiro atoms. The Morgan fingerprint density at radius 2 is 1.56 bits per heavy atom. The van der Waals surface area contributed by atoms with E-state index in [0.717, 1.165) is 44.9 Å². The Balaban J connectivity index is 2.65. The first-order valence-electron chi connectivity index (χ1n) is 7.62. The van der Waals surface area contributed by atoms with Gasteiger partial charge < -0.3 is 9.84 Å². The monoisotopic (exact) mass is 256 g/mol. The Kier molecular flexibility index (Phi) is 5.67. The van der Waals surface area contributed by atoms with Gasteiger partial charge in [0.25, 0.3) is 0 Å². The average Bonchev–Trinajstić information content (AvgIpc) is 2.36. The molecule has 1 unspecified atom stereocenters. The number of hydrogen-bond acceptors (Lipinski definition) is 2. The van der Waals surface area contributed by atoms with Crippen LogP contribution in [0.15, 0.2) is 0 Å². The highest BCUT2D eigenvalue weighted by molar-refractivity contribution is 4.95. The lowest BCUT2D eigenvalue weighted by Gasteiger charge is -2.45. The third-order valence-electron chi connectivity index (χ3n) is 5.18. The Morgan fingerprint density at radius 3 is 1.94 bits per heavy atom. The fourth-order valence-electron chi connectivity index (χ4n) is 3.18. The highest BCUT2D eigenvalue weighted by atomic mass is 16.5. The number of methoxy groups -OCH3 is 1. The van der Waals surface area contributed by atoms with Crippen molar-refractivity contribution in [2.75, 3.05) is 7.11 Å². The molecule has 0 aromatic heterocycles. The Labute approximate surface area is 113 Å². The van der Waals surface area contributed by atoms with Crippen LogP contribution in [-0.2, 0) is 4.74 Å². The highest BCUT2D eigenvalue weighted by Gasteiger charge is 2.43. The van der Waals surface area contributed by atoms with Crippen molar-refractivity contribution >= 4 is 0 Å². The molecule has 1 N–H and O–H groups in total. The SMILES string of the molecule is CCC(CC)CC(O)C1(OC)CCC(C)(C)CC1. The minimum absolute atomic E-state index is 0.280. The third-order valence-corrected chi connectivity index (χ3v) is 5.18. The van der Waals surface area contributed by atoms with Crippen molar-refractivity contribution < 1.29 is 9.84 Å². The van der Waals surface area contributed by atoms with Gasteiger partial charge in [0, 0.05) is 7.11 Å². The molecule has 1 fully saturated rings. The van der Waals surface area contributed by atoms with Crippen LogP contribution in [0.25, 0.3) is 0 Å². The molecule has 1 aliphatic carbocycles. The smallest absolute Gasteiger partial charge is 0.0936 e. The summed E-state index contributed by atoms with van der Waals surface area (Å²) in [6, 6.07) is 0. The topological polar surface area (TPSA) is 29.5 Å². The predicted octanol–water partition coefficient (Wildman–Crippen LogP) is 4.16. The zero-order chi connectivity index (χ0) is 13.8. The minimum Gasteiger partial charge on any atom is -0.390 e. The standard InChI is InChI=1S/C16H32O2/c1-6-13(7-2)12-14(17)16(18-5)10-8-15(3,4)9-11-16/h13-14,17H,6-12H2,1-5H3. The van der Waals surface area contributed by atoms with Crippen LogP contribution in [0.2, 0.25) is 0 Å². The molecule has 1 saturated carbocycles. The van der Waals surface area contributed by atoms with Gasteiger partial charge in [-0.15, -0.1) is 0 Å². The Morgan fingerprint density at radius 1 is 1.06 bits per heavy atom. The van der Waals surface area contributed by atoms with Gasteiger partial charge in [0.15, 0.2) is 0 Å². The first kappa shape index (κ1) is 16.0. The van der Waals surface area contributed by atoms with Crippen LogP contribution in [0.3, 0.4) is 0 Å². The fourth-order valence-corrected chi connectivity index (χ4v) is 3.18. The zero-order valence-electron chi connectivity index (χ0n) is 13.0. The van der Waals surface area contributed by atoms with Gasteiger partial charge in [-0.25, -0.2) is 0 Å². The molecule has 0 aliphatic heterocycles. The summed E-state index contributed by atoms with van der Waals surface area (Å²) in [5.41, 5.74) is 0.134. The maximum absolute atomic E-state index is 10.6. The molecule has 1 rings (SSSR count). The molecule has 0 aromatic carbocycles. The molecule has 2 heteroatoms. The first-order chi connectivity index (χ1) is 8.39. The van der Waals surface area contributed by atoms with E-state index >= 15 is 0 Å². The third kappa shape index (κ3) is 3.71. The Bertz CT molecular complexity index is 233. The van der Waals surface area contributed by atoms with Crippen LogP contribution in [0.1, 0.15) is 72.6 Å². The van der Waals surface area contributed by atoms with E-state index in [0.29, 0.717) is 11.3 Å². The number of rotatable bonds is 6. The molecule has 1 atom stereocenters. The normalized spacial score (nSPS) is 24.2. The second-order valence-electron chi connectivity index (χ2n) is 6.87. The van der Waals surface area contributed by atoms with Gasteiger partial charge in [-0.3, -0.25) is 0 Å². The summed E-state index contributed by atoms with van der Waals surface area (Å²) in [6.45, 7) is 9.06. The van der Waals surface area contributed by atoms with E-state index in [2.05, 4.69) is 27.7 Å². The molecule has 0 bridgehead atoms. The maximum Gasteiger partial charge on any atom is 0.0936 e. The maximum atomic E-state index is 10.6. The fraction of sp³-hybridized carbons (Fsp3) is 1.00. The van der Waals surface area contributed by atoms with Gasteiger partial charge in [0.1, 0.15) is 0 Å². The zero-order valence-corrected chi connectivity index (χ0v) is 13.0. The lowest BCUT2D eigenvalue weighted by molar-refractivity contribution is -0.141. The van der Waals surface area contributed by atoms with Crippen molar-refractivity contribution in [2.24, 2.45) is 11.3 Å². The van der Waals surface area contributed by atoms with Crippen molar-refractivity contribution in [3.63, 3.8) is 0 Å². The second kappa shape index (κ2) is 6.38. The summed E-state index contributed by atoms with van der Waals surface area (Å²) in [5, 5.41) is 10.6. The van der Waals surface area contributed by atoms with E-state index < -0.39 is 0 Å². The number of aliphatic hydroxyl groups is 1. The molecule has 0 amide bonds. The summed E-state index contributed by atoms with van der Waals surface area (Å²) in [6.07, 6.45) is 7.19. The molecule has 2 nitrogen and oxygen atoms in total. The molecule has 18 heavy (non-hydrogen) atoms. The number of ether oxygens (including phenoxy) is 1. The van der Waals surface area contributed by atoms with Crippen molar-refractivity contribution in [1.82, 2.24) is 0 Å². The van der Waals surface area contributed by atoms with E-state index in [-0.39, 0.29) is 11.7 Å². The molecule has 0 aromatic rings. The van der Waals surface area contributed by atoms with Gasteiger partial charge in [-0.05, 0) is 43.4 Å². The lowest BCUT2D eigenvalue weighted by atomic mass is 9.68. The lowest BCUT2D eigenvalue weighted by Crippen LogP contribution is -2.49. The highest BCUT2D eigenvalue weighted by Crippen LogP contribution is 2.44. The van der Waals surface area contributed by atoms with Crippen LogP contribution in [0.5, 0.6) is 0 Å².